The predicted octanol–water partition coefficient (Wildman–Crippen LogP) is 2.34. The van der Waals surface area contributed by atoms with Crippen LogP contribution in [-0.4, -0.2) is 11.8 Å². The Kier molecular flexibility index (Phi) is 3.77. The molecule has 0 aliphatic heterocycles. The summed E-state index contributed by atoms with van der Waals surface area (Å²) < 4.78 is 0. The Labute approximate surface area is 88.5 Å². The maximum Gasteiger partial charge on any atom is 0.150 e. The molecule has 2 N–H and O–H groups in total. The summed E-state index contributed by atoms with van der Waals surface area (Å²) in [5.41, 5.74) is 2.80. The monoisotopic (exact) mass is 200 g/mol. The van der Waals surface area contributed by atoms with Crippen LogP contribution in [0.25, 0.3) is 11.1 Å². The Bertz CT molecular complexity index is 435. The molecule has 0 aliphatic rings. The van der Waals surface area contributed by atoms with Gasteiger partial charge in [0.25, 0.3) is 0 Å². The van der Waals surface area contributed by atoms with Gasteiger partial charge in [-0.05, 0) is 11.1 Å². The highest BCUT2D eigenvalue weighted by molar-refractivity contribution is 5.87. The van der Waals surface area contributed by atoms with Gasteiger partial charge in [-0.25, -0.2) is 0 Å². The summed E-state index contributed by atoms with van der Waals surface area (Å²) in [6, 6.07) is 17.5. The van der Waals surface area contributed by atoms with Crippen LogP contribution < -0.4 is 0 Å². The maximum atomic E-state index is 10.8. The van der Waals surface area contributed by atoms with Crippen molar-refractivity contribution in [2.24, 2.45) is 0 Å². The Hall–Kier alpha value is -1.93. The lowest BCUT2D eigenvalue weighted by Gasteiger charge is -2.03. The van der Waals surface area contributed by atoms with Crippen LogP contribution in [0.3, 0.4) is 0 Å². The lowest BCUT2D eigenvalue weighted by atomic mass is 10.0. The fraction of sp³-hybridized carbons (Fsp3) is 0. The summed E-state index contributed by atoms with van der Waals surface area (Å²) in [7, 11) is 0. The molecule has 0 aromatic heterocycles. The standard InChI is InChI=1S/C13H10O.H2O/c14-10-12-8-4-5-9-13(12)11-6-2-1-3-7-11;/h1-10H;1H2. The third kappa shape index (κ3) is 2.30. The first-order valence-corrected chi connectivity index (χ1v) is 4.51. The molecule has 2 rings (SSSR count). The van der Waals surface area contributed by atoms with Crippen LogP contribution in [0.1, 0.15) is 10.4 Å². The van der Waals surface area contributed by atoms with Crippen molar-refractivity contribution >= 4 is 6.29 Å². The van der Waals surface area contributed by atoms with E-state index in [1.54, 1.807) is 0 Å². The minimum Gasteiger partial charge on any atom is -0.412 e. The van der Waals surface area contributed by atoms with Gasteiger partial charge in [0.1, 0.15) is 0 Å². The van der Waals surface area contributed by atoms with Crippen molar-refractivity contribution < 1.29 is 10.3 Å². The van der Waals surface area contributed by atoms with E-state index in [1.165, 1.54) is 0 Å². The molecule has 0 heterocycles. The average Bonchev–Trinajstić information content (AvgIpc) is 2.30. The molecule has 0 saturated carbocycles. The summed E-state index contributed by atoms with van der Waals surface area (Å²) in [5.74, 6) is 0. The van der Waals surface area contributed by atoms with Gasteiger partial charge in [0.05, 0.1) is 0 Å². The average molecular weight is 200 g/mol. The van der Waals surface area contributed by atoms with Crippen LogP contribution in [0.4, 0.5) is 0 Å². The first-order valence-electron chi connectivity index (χ1n) is 4.51. The second-order valence-corrected chi connectivity index (χ2v) is 3.07. The van der Waals surface area contributed by atoms with Gasteiger partial charge in [-0.15, -0.1) is 0 Å². The van der Waals surface area contributed by atoms with E-state index in [-0.39, 0.29) is 5.48 Å². The fourth-order valence-electron chi connectivity index (χ4n) is 1.48. The lowest BCUT2D eigenvalue weighted by molar-refractivity contribution is 0.112. The van der Waals surface area contributed by atoms with Crippen molar-refractivity contribution in [2.45, 2.75) is 0 Å². The number of hydrogen-bond acceptors (Lipinski definition) is 1. The molecule has 2 aromatic carbocycles. The quantitative estimate of drug-likeness (QED) is 0.686. The van der Waals surface area contributed by atoms with Gasteiger partial charge in [-0.1, -0.05) is 54.6 Å². The summed E-state index contributed by atoms with van der Waals surface area (Å²) in [4.78, 5) is 10.8. The molecule has 2 heteroatoms. The second-order valence-electron chi connectivity index (χ2n) is 3.07. The van der Waals surface area contributed by atoms with Crippen molar-refractivity contribution in [3.8, 4) is 11.1 Å². The lowest BCUT2D eigenvalue weighted by Crippen LogP contribution is -1.85. The van der Waals surface area contributed by atoms with Crippen LogP contribution >= 0.6 is 0 Å². The van der Waals surface area contributed by atoms with Crippen LogP contribution in [-0.2, 0) is 0 Å². The van der Waals surface area contributed by atoms with E-state index in [4.69, 9.17) is 0 Å². The van der Waals surface area contributed by atoms with Crippen molar-refractivity contribution in [3.63, 3.8) is 0 Å². The van der Waals surface area contributed by atoms with E-state index in [9.17, 15) is 4.79 Å². The molecule has 0 aliphatic carbocycles. The largest absolute Gasteiger partial charge is 0.412 e. The topological polar surface area (TPSA) is 48.6 Å². The second kappa shape index (κ2) is 5.08. The third-order valence-corrected chi connectivity index (χ3v) is 2.17. The Morgan fingerprint density at radius 2 is 1.40 bits per heavy atom. The van der Waals surface area contributed by atoms with E-state index >= 15 is 0 Å². The van der Waals surface area contributed by atoms with Crippen LogP contribution in [0, 0.1) is 0 Å². The van der Waals surface area contributed by atoms with E-state index in [2.05, 4.69) is 0 Å². The van der Waals surface area contributed by atoms with E-state index < -0.39 is 0 Å². The minimum atomic E-state index is 0. The summed E-state index contributed by atoms with van der Waals surface area (Å²) >= 11 is 0. The molecule has 0 spiro atoms. The predicted molar refractivity (Wildman–Crippen MR) is 60.9 cm³/mol. The van der Waals surface area contributed by atoms with Crippen molar-refractivity contribution in [2.75, 3.05) is 0 Å². The molecular weight excluding hydrogens is 188 g/mol. The van der Waals surface area contributed by atoms with Crippen LogP contribution in [0.5, 0.6) is 0 Å². The zero-order valence-corrected chi connectivity index (χ0v) is 8.18. The molecule has 0 unspecified atom stereocenters. The molecule has 15 heavy (non-hydrogen) atoms. The summed E-state index contributed by atoms with van der Waals surface area (Å²) in [6.07, 6.45) is 0.891. The Morgan fingerprint density at radius 1 is 0.800 bits per heavy atom. The SMILES string of the molecule is O.O=Cc1ccccc1-c1ccccc1. The summed E-state index contributed by atoms with van der Waals surface area (Å²) in [5, 5.41) is 0. The minimum absolute atomic E-state index is 0. The first kappa shape index (κ1) is 11.1. The third-order valence-electron chi connectivity index (χ3n) is 2.17. The number of carbonyl (C=O) groups is 1. The smallest absolute Gasteiger partial charge is 0.150 e. The van der Waals surface area contributed by atoms with E-state index in [0.29, 0.717) is 0 Å². The molecule has 2 nitrogen and oxygen atoms in total. The van der Waals surface area contributed by atoms with Gasteiger partial charge >= 0.3 is 0 Å². The molecule has 0 radical (unpaired) electrons. The van der Waals surface area contributed by atoms with Gasteiger partial charge in [-0.3, -0.25) is 4.79 Å². The summed E-state index contributed by atoms with van der Waals surface area (Å²) in [6.45, 7) is 0. The van der Waals surface area contributed by atoms with Gasteiger partial charge in [0.15, 0.2) is 6.29 Å². The van der Waals surface area contributed by atoms with E-state index in [0.717, 1.165) is 23.0 Å². The molecule has 0 fully saturated rings. The Morgan fingerprint density at radius 3 is 2.07 bits per heavy atom. The number of hydrogen-bond donors (Lipinski definition) is 0. The molecule has 0 saturated heterocycles. The van der Waals surface area contributed by atoms with Gasteiger partial charge in [0, 0.05) is 5.56 Å². The normalized spacial score (nSPS) is 9.07. The van der Waals surface area contributed by atoms with Crippen molar-refractivity contribution in [1.29, 1.82) is 0 Å². The molecular formula is C13H12O2. The van der Waals surface area contributed by atoms with Crippen molar-refractivity contribution in [1.82, 2.24) is 0 Å². The molecule has 0 bridgehead atoms. The number of aldehydes is 1. The number of carbonyl (C=O) groups excluding carboxylic acids is 1. The van der Waals surface area contributed by atoms with E-state index in [1.807, 2.05) is 54.6 Å². The number of rotatable bonds is 2. The molecule has 76 valence electrons. The zero-order chi connectivity index (χ0) is 9.80. The molecule has 0 atom stereocenters. The highest BCUT2D eigenvalue weighted by Crippen LogP contribution is 2.21. The highest BCUT2D eigenvalue weighted by atomic mass is 16.1. The van der Waals surface area contributed by atoms with Gasteiger partial charge in [-0.2, -0.15) is 0 Å². The Balaban J connectivity index is 0.00000112. The van der Waals surface area contributed by atoms with Crippen LogP contribution in [0.2, 0.25) is 0 Å². The zero-order valence-electron chi connectivity index (χ0n) is 8.18. The van der Waals surface area contributed by atoms with Gasteiger partial charge in [0.2, 0.25) is 0 Å². The maximum absolute atomic E-state index is 10.8. The fourth-order valence-corrected chi connectivity index (χ4v) is 1.48. The number of benzene rings is 2. The first-order chi connectivity index (χ1) is 6.92. The molecule has 2 aromatic rings. The molecule has 0 amide bonds. The van der Waals surface area contributed by atoms with Gasteiger partial charge < -0.3 is 5.48 Å². The highest BCUT2D eigenvalue weighted by Gasteiger charge is 2.01. The van der Waals surface area contributed by atoms with Crippen LogP contribution in [0.15, 0.2) is 54.6 Å². The van der Waals surface area contributed by atoms with Crippen molar-refractivity contribution in [3.05, 3.63) is 60.2 Å².